The zero-order valence-electron chi connectivity index (χ0n) is 15.4. The summed E-state index contributed by atoms with van der Waals surface area (Å²) in [7, 11) is 0. The molecule has 7 nitrogen and oxygen atoms in total. The molecule has 0 unspecified atom stereocenters. The fourth-order valence-electron chi connectivity index (χ4n) is 2.82. The third-order valence-corrected chi connectivity index (χ3v) is 5.20. The number of benzene rings is 2. The van der Waals surface area contributed by atoms with Crippen molar-refractivity contribution < 1.29 is 14.4 Å². The molecule has 0 bridgehead atoms. The summed E-state index contributed by atoms with van der Waals surface area (Å²) < 4.78 is 5.68. The number of nitriles is 1. The van der Waals surface area contributed by atoms with E-state index in [0.29, 0.717) is 22.0 Å². The van der Waals surface area contributed by atoms with Crippen molar-refractivity contribution in [3.8, 4) is 28.7 Å². The average Bonchev–Trinajstić information content (AvgIpc) is 3.45. The van der Waals surface area contributed by atoms with E-state index in [0.717, 1.165) is 5.56 Å². The van der Waals surface area contributed by atoms with Gasteiger partial charge in [0.15, 0.2) is 11.5 Å². The lowest BCUT2D eigenvalue weighted by Crippen LogP contribution is -1.89. The van der Waals surface area contributed by atoms with E-state index in [1.165, 1.54) is 29.5 Å². The van der Waals surface area contributed by atoms with Crippen LogP contribution in [-0.2, 0) is 0 Å². The van der Waals surface area contributed by atoms with E-state index < -0.39 is 4.92 Å². The maximum absolute atomic E-state index is 10.8. The van der Waals surface area contributed by atoms with Crippen molar-refractivity contribution in [1.29, 1.82) is 5.26 Å². The first-order chi connectivity index (χ1) is 14.6. The van der Waals surface area contributed by atoms with Gasteiger partial charge in [-0.2, -0.15) is 5.26 Å². The van der Waals surface area contributed by atoms with Gasteiger partial charge in [0.05, 0.1) is 10.6 Å². The van der Waals surface area contributed by atoms with Crippen molar-refractivity contribution in [2.75, 3.05) is 0 Å². The number of nitrogens with zero attached hydrogens (tertiary/aromatic N) is 3. The molecule has 0 aliphatic heterocycles. The zero-order valence-corrected chi connectivity index (χ0v) is 16.2. The number of aliphatic hydroxyl groups is 1. The normalized spacial score (nSPS) is 11.6. The maximum Gasteiger partial charge on any atom is 0.269 e. The molecule has 0 spiro atoms. The van der Waals surface area contributed by atoms with Crippen LogP contribution in [0.25, 0.3) is 33.9 Å². The second-order valence-electron chi connectivity index (χ2n) is 6.21. The van der Waals surface area contributed by atoms with E-state index in [9.17, 15) is 20.5 Å². The summed E-state index contributed by atoms with van der Waals surface area (Å²) in [6.45, 7) is 0. The van der Waals surface area contributed by atoms with Gasteiger partial charge in [-0.25, -0.2) is 4.98 Å². The summed E-state index contributed by atoms with van der Waals surface area (Å²) in [6.07, 6.45) is 0. The molecule has 4 rings (SSSR count). The highest BCUT2D eigenvalue weighted by molar-refractivity contribution is 7.11. The Balaban J connectivity index is 1.65. The van der Waals surface area contributed by atoms with Gasteiger partial charge in [0, 0.05) is 28.6 Å². The number of allylic oxidation sites excluding steroid dienone is 1. The molecule has 0 saturated carbocycles. The Kier molecular flexibility index (Phi) is 5.11. The van der Waals surface area contributed by atoms with Gasteiger partial charge in [-0.05, 0) is 24.3 Å². The molecule has 2 aromatic heterocycles. The first-order valence-corrected chi connectivity index (χ1v) is 9.64. The number of rotatable bonds is 5. The van der Waals surface area contributed by atoms with Gasteiger partial charge in [-0.3, -0.25) is 10.1 Å². The summed E-state index contributed by atoms with van der Waals surface area (Å²) >= 11 is 1.25. The summed E-state index contributed by atoms with van der Waals surface area (Å²) in [4.78, 5) is 14.8. The smallest absolute Gasteiger partial charge is 0.269 e. The van der Waals surface area contributed by atoms with E-state index in [1.807, 2.05) is 41.8 Å². The fraction of sp³-hybridized carbons (Fsp3) is 0. The Hall–Kier alpha value is -4.22. The molecule has 0 radical (unpaired) electrons. The first-order valence-electron chi connectivity index (χ1n) is 8.76. The Morgan fingerprint density at radius 1 is 1.07 bits per heavy atom. The third-order valence-electron chi connectivity index (χ3n) is 4.34. The van der Waals surface area contributed by atoms with Crippen molar-refractivity contribution in [1.82, 2.24) is 4.98 Å². The molecular formula is C22H13N3O4S. The summed E-state index contributed by atoms with van der Waals surface area (Å²) in [5, 5.41) is 33.2. The minimum absolute atomic E-state index is 0.00628. The summed E-state index contributed by atoms with van der Waals surface area (Å²) in [5.41, 5.74) is 2.21. The lowest BCUT2D eigenvalue weighted by molar-refractivity contribution is -0.384. The molecule has 2 heterocycles. The minimum atomic E-state index is -0.483. The molecule has 0 saturated heterocycles. The molecule has 2 aromatic carbocycles. The van der Waals surface area contributed by atoms with Crippen molar-refractivity contribution in [3.05, 3.63) is 93.0 Å². The Morgan fingerprint density at radius 3 is 2.47 bits per heavy atom. The second kappa shape index (κ2) is 8.03. The van der Waals surface area contributed by atoms with Gasteiger partial charge >= 0.3 is 0 Å². The molecule has 0 atom stereocenters. The van der Waals surface area contributed by atoms with Crippen LogP contribution in [0.5, 0.6) is 0 Å². The average molecular weight is 415 g/mol. The van der Waals surface area contributed by atoms with Crippen LogP contribution in [0.4, 0.5) is 5.69 Å². The van der Waals surface area contributed by atoms with Crippen LogP contribution in [0.2, 0.25) is 0 Å². The standard InChI is InChI=1S/C22H13N3O4S/c23-12-17(22-24-18(13-30-22)14-4-2-1-3-5-14)21(26)20-11-10-19(29-20)15-6-8-16(9-7-15)25(27)28/h1-11,13,26H. The fourth-order valence-corrected chi connectivity index (χ4v) is 3.65. The number of nitro benzene ring substituents is 1. The van der Waals surface area contributed by atoms with Crippen LogP contribution in [0.15, 0.2) is 76.5 Å². The van der Waals surface area contributed by atoms with E-state index in [4.69, 9.17) is 4.42 Å². The topological polar surface area (TPSA) is 113 Å². The number of hydrogen-bond donors (Lipinski definition) is 1. The van der Waals surface area contributed by atoms with Crippen LogP contribution in [-0.4, -0.2) is 15.0 Å². The maximum atomic E-state index is 10.8. The Morgan fingerprint density at radius 2 is 1.80 bits per heavy atom. The molecular weight excluding hydrogens is 402 g/mol. The van der Waals surface area contributed by atoms with Crippen LogP contribution in [0.1, 0.15) is 10.8 Å². The molecule has 1 N–H and O–H groups in total. The predicted octanol–water partition coefficient (Wildman–Crippen LogP) is 5.93. The number of nitro groups is 1. The number of furan rings is 1. The molecule has 146 valence electrons. The van der Waals surface area contributed by atoms with E-state index >= 15 is 0 Å². The Labute approximate surface area is 175 Å². The van der Waals surface area contributed by atoms with Crippen molar-refractivity contribution in [2.45, 2.75) is 0 Å². The van der Waals surface area contributed by atoms with Crippen LogP contribution >= 0.6 is 11.3 Å². The molecule has 0 amide bonds. The summed E-state index contributed by atoms with van der Waals surface area (Å²) in [6, 6.07) is 20.5. The van der Waals surface area contributed by atoms with Crippen LogP contribution < -0.4 is 0 Å². The van der Waals surface area contributed by atoms with Crippen molar-refractivity contribution in [3.63, 3.8) is 0 Å². The lowest BCUT2D eigenvalue weighted by Gasteiger charge is -2.00. The van der Waals surface area contributed by atoms with Gasteiger partial charge < -0.3 is 9.52 Å². The van der Waals surface area contributed by atoms with E-state index in [-0.39, 0.29) is 22.8 Å². The van der Waals surface area contributed by atoms with E-state index in [2.05, 4.69) is 4.98 Å². The van der Waals surface area contributed by atoms with E-state index in [1.54, 1.807) is 18.2 Å². The van der Waals surface area contributed by atoms with Gasteiger partial charge in [0.2, 0.25) is 0 Å². The van der Waals surface area contributed by atoms with Gasteiger partial charge in [-0.1, -0.05) is 30.3 Å². The highest BCUT2D eigenvalue weighted by atomic mass is 32.1. The number of hydrogen-bond acceptors (Lipinski definition) is 7. The predicted molar refractivity (Wildman–Crippen MR) is 113 cm³/mol. The number of thiazole rings is 1. The third kappa shape index (κ3) is 3.70. The quantitative estimate of drug-likeness (QED) is 0.187. The number of aliphatic hydroxyl groups excluding tert-OH is 1. The molecule has 4 aromatic rings. The minimum Gasteiger partial charge on any atom is -0.503 e. The number of non-ortho nitro benzene ring substituents is 1. The zero-order chi connectivity index (χ0) is 21.1. The lowest BCUT2D eigenvalue weighted by atomic mass is 10.1. The SMILES string of the molecule is N#CC(=C(O)c1ccc(-c2ccc([N+](=O)[O-])cc2)o1)c1nc(-c2ccccc2)cs1. The molecule has 0 aliphatic carbocycles. The van der Waals surface area contributed by atoms with Gasteiger partial charge in [-0.15, -0.1) is 11.3 Å². The summed E-state index contributed by atoms with van der Waals surface area (Å²) in [5.74, 6) is 0.198. The van der Waals surface area contributed by atoms with Gasteiger partial charge in [0.1, 0.15) is 22.4 Å². The monoisotopic (exact) mass is 415 g/mol. The van der Waals surface area contributed by atoms with Crippen molar-refractivity contribution >= 4 is 28.4 Å². The second-order valence-corrected chi connectivity index (χ2v) is 7.07. The molecule has 30 heavy (non-hydrogen) atoms. The van der Waals surface area contributed by atoms with Crippen LogP contribution in [0, 0.1) is 21.4 Å². The highest BCUT2D eigenvalue weighted by Gasteiger charge is 2.18. The molecule has 8 heteroatoms. The number of aromatic nitrogens is 1. The Bertz CT molecular complexity index is 1280. The first kappa shape index (κ1) is 19.1. The van der Waals surface area contributed by atoms with Crippen LogP contribution in [0.3, 0.4) is 0 Å². The molecule has 0 aliphatic rings. The van der Waals surface area contributed by atoms with Crippen molar-refractivity contribution in [2.24, 2.45) is 0 Å². The molecule has 0 fully saturated rings. The highest BCUT2D eigenvalue weighted by Crippen LogP contribution is 2.32. The van der Waals surface area contributed by atoms with Gasteiger partial charge in [0.25, 0.3) is 5.69 Å². The largest absolute Gasteiger partial charge is 0.503 e.